The van der Waals surface area contributed by atoms with Crippen LogP contribution in [0.3, 0.4) is 0 Å². The van der Waals surface area contributed by atoms with Gasteiger partial charge in [0.2, 0.25) is 0 Å². The van der Waals surface area contributed by atoms with Gasteiger partial charge in [0.25, 0.3) is 0 Å². The normalized spacial score (nSPS) is 10.5. The SMILES string of the molecule is COc1ccc(C)c(-n2cc(Br)cn2)c1C. The molecule has 2 aromatic rings. The summed E-state index contributed by atoms with van der Waals surface area (Å²) >= 11 is 3.40. The number of benzene rings is 1. The van der Waals surface area contributed by atoms with Gasteiger partial charge in [0.1, 0.15) is 5.75 Å². The lowest BCUT2D eigenvalue weighted by Gasteiger charge is -2.13. The summed E-state index contributed by atoms with van der Waals surface area (Å²) in [7, 11) is 1.68. The first-order valence-corrected chi connectivity index (χ1v) is 5.77. The first-order chi connectivity index (χ1) is 7.63. The fourth-order valence-electron chi connectivity index (χ4n) is 1.81. The van der Waals surface area contributed by atoms with Crippen LogP contribution in [0.5, 0.6) is 5.75 Å². The molecule has 0 radical (unpaired) electrons. The Morgan fingerprint density at radius 2 is 2.06 bits per heavy atom. The van der Waals surface area contributed by atoms with Crippen LogP contribution in [0.15, 0.2) is 29.0 Å². The minimum atomic E-state index is 0.882. The number of aryl methyl sites for hydroxylation is 1. The van der Waals surface area contributed by atoms with Gasteiger partial charge in [-0.1, -0.05) is 6.07 Å². The molecule has 84 valence electrons. The molecular weight excluding hydrogens is 268 g/mol. The van der Waals surface area contributed by atoms with Crippen molar-refractivity contribution in [3.05, 3.63) is 40.1 Å². The van der Waals surface area contributed by atoms with Crippen molar-refractivity contribution in [1.82, 2.24) is 9.78 Å². The van der Waals surface area contributed by atoms with Crippen molar-refractivity contribution in [2.24, 2.45) is 0 Å². The highest BCUT2D eigenvalue weighted by atomic mass is 79.9. The highest BCUT2D eigenvalue weighted by molar-refractivity contribution is 9.10. The van der Waals surface area contributed by atoms with E-state index in [1.54, 1.807) is 13.3 Å². The van der Waals surface area contributed by atoms with Gasteiger partial charge in [0.05, 0.1) is 23.5 Å². The molecule has 0 saturated carbocycles. The molecule has 1 heterocycles. The first-order valence-electron chi connectivity index (χ1n) is 4.98. The predicted octanol–water partition coefficient (Wildman–Crippen LogP) is 3.26. The zero-order valence-electron chi connectivity index (χ0n) is 9.49. The Kier molecular flexibility index (Phi) is 3.01. The van der Waals surface area contributed by atoms with Gasteiger partial charge < -0.3 is 4.74 Å². The molecule has 0 aliphatic heterocycles. The van der Waals surface area contributed by atoms with E-state index < -0.39 is 0 Å². The zero-order chi connectivity index (χ0) is 11.7. The maximum Gasteiger partial charge on any atom is 0.123 e. The van der Waals surface area contributed by atoms with Gasteiger partial charge in [-0.05, 0) is 41.4 Å². The molecule has 16 heavy (non-hydrogen) atoms. The second kappa shape index (κ2) is 4.29. The Morgan fingerprint density at radius 3 is 2.62 bits per heavy atom. The monoisotopic (exact) mass is 280 g/mol. The van der Waals surface area contributed by atoms with Gasteiger partial charge in [-0.2, -0.15) is 5.10 Å². The predicted molar refractivity (Wildman–Crippen MR) is 67.3 cm³/mol. The quantitative estimate of drug-likeness (QED) is 0.844. The molecule has 0 spiro atoms. The molecule has 2 rings (SSSR count). The lowest BCUT2D eigenvalue weighted by atomic mass is 10.1. The number of aromatic nitrogens is 2. The zero-order valence-corrected chi connectivity index (χ0v) is 11.1. The summed E-state index contributed by atoms with van der Waals surface area (Å²) in [5, 5.41) is 4.30. The molecule has 0 atom stereocenters. The molecule has 0 aliphatic rings. The molecule has 0 fully saturated rings. The van der Waals surface area contributed by atoms with Gasteiger partial charge >= 0.3 is 0 Å². The fraction of sp³-hybridized carbons (Fsp3) is 0.250. The highest BCUT2D eigenvalue weighted by Gasteiger charge is 2.10. The van der Waals surface area contributed by atoms with E-state index in [2.05, 4.69) is 28.0 Å². The van der Waals surface area contributed by atoms with Crippen LogP contribution in [0.2, 0.25) is 0 Å². The number of ether oxygens (including phenoxy) is 1. The number of rotatable bonds is 2. The Balaban J connectivity index is 2.63. The number of hydrogen-bond acceptors (Lipinski definition) is 2. The van der Waals surface area contributed by atoms with E-state index in [0.717, 1.165) is 21.5 Å². The van der Waals surface area contributed by atoms with Gasteiger partial charge in [0, 0.05) is 11.8 Å². The number of nitrogens with zero attached hydrogens (tertiary/aromatic N) is 2. The molecule has 4 heteroatoms. The summed E-state index contributed by atoms with van der Waals surface area (Å²) in [6, 6.07) is 4.02. The van der Waals surface area contributed by atoms with Crippen LogP contribution in [0.25, 0.3) is 5.69 Å². The van der Waals surface area contributed by atoms with Crippen LogP contribution < -0.4 is 4.74 Å². The summed E-state index contributed by atoms with van der Waals surface area (Å²) < 4.78 is 8.14. The third kappa shape index (κ3) is 1.85. The van der Waals surface area contributed by atoms with Crippen molar-refractivity contribution in [3.63, 3.8) is 0 Å². The van der Waals surface area contributed by atoms with Crippen molar-refractivity contribution >= 4 is 15.9 Å². The molecular formula is C12H13BrN2O. The van der Waals surface area contributed by atoms with Crippen LogP contribution in [0.4, 0.5) is 0 Å². The van der Waals surface area contributed by atoms with E-state index in [1.807, 2.05) is 29.9 Å². The fourth-order valence-corrected chi connectivity index (χ4v) is 2.10. The Bertz CT molecular complexity index is 520. The second-order valence-electron chi connectivity index (χ2n) is 3.66. The summed E-state index contributed by atoms with van der Waals surface area (Å²) in [6.07, 6.45) is 3.72. The molecule has 0 N–H and O–H groups in total. The van der Waals surface area contributed by atoms with Gasteiger partial charge in [-0.3, -0.25) is 0 Å². The summed E-state index contributed by atoms with van der Waals surface area (Å²) in [5.41, 5.74) is 3.34. The van der Waals surface area contributed by atoms with Crippen LogP contribution >= 0.6 is 15.9 Å². The number of methoxy groups -OCH3 is 1. The van der Waals surface area contributed by atoms with E-state index in [9.17, 15) is 0 Å². The van der Waals surface area contributed by atoms with Gasteiger partial charge in [-0.15, -0.1) is 0 Å². The molecule has 1 aromatic heterocycles. The first kappa shape index (κ1) is 11.2. The molecule has 0 saturated heterocycles. The topological polar surface area (TPSA) is 27.1 Å². The average molecular weight is 281 g/mol. The van der Waals surface area contributed by atoms with Crippen molar-refractivity contribution in [1.29, 1.82) is 0 Å². The largest absolute Gasteiger partial charge is 0.496 e. The van der Waals surface area contributed by atoms with Crippen molar-refractivity contribution in [3.8, 4) is 11.4 Å². The molecule has 0 unspecified atom stereocenters. The summed E-state index contributed by atoms with van der Waals surface area (Å²) in [5.74, 6) is 0.882. The van der Waals surface area contributed by atoms with E-state index in [-0.39, 0.29) is 0 Å². The third-order valence-corrected chi connectivity index (χ3v) is 2.99. The van der Waals surface area contributed by atoms with Crippen LogP contribution in [-0.2, 0) is 0 Å². The maximum absolute atomic E-state index is 5.32. The van der Waals surface area contributed by atoms with E-state index in [0.29, 0.717) is 0 Å². The maximum atomic E-state index is 5.32. The number of halogens is 1. The lowest BCUT2D eigenvalue weighted by Crippen LogP contribution is -2.02. The van der Waals surface area contributed by atoms with Crippen LogP contribution in [-0.4, -0.2) is 16.9 Å². The Hall–Kier alpha value is -1.29. The summed E-state index contributed by atoms with van der Waals surface area (Å²) in [6.45, 7) is 4.11. The number of hydrogen-bond donors (Lipinski definition) is 0. The minimum Gasteiger partial charge on any atom is -0.496 e. The van der Waals surface area contributed by atoms with Crippen molar-refractivity contribution < 1.29 is 4.74 Å². The van der Waals surface area contributed by atoms with Crippen molar-refractivity contribution in [2.45, 2.75) is 13.8 Å². The minimum absolute atomic E-state index is 0.882. The van der Waals surface area contributed by atoms with E-state index in [4.69, 9.17) is 4.74 Å². The Labute approximate surface area is 103 Å². The molecule has 3 nitrogen and oxygen atoms in total. The molecule has 0 bridgehead atoms. The van der Waals surface area contributed by atoms with E-state index >= 15 is 0 Å². The molecule has 0 aliphatic carbocycles. The summed E-state index contributed by atoms with van der Waals surface area (Å²) in [4.78, 5) is 0. The van der Waals surface area contributed by atoms with E-state index in [1.165, 1.54) is 5.56 Å². The second-order valence-corrected chi connectivity index (χ2v) is 4.58. The van der Waals surface area contributed by atoms with Crippen LogP contribution in [0, 0.1) is 13.8 Å². The highest BCUT2D eigenvalue weighted by Crippen LogP contribution is 2.27. The third-order valence-electron chi connectivity index (χ3n) is 2.58. The van der Waals surface area contributed by atoms with Crippen LogP contribution in [0.1, 0.15) is 11.1 Å². The smallest absolute Gasteiger partial charge is 0.123 e. The molecule has 1 aromatic carbocycles. The Morgan fingerprint density at radius 1 is 1.31 bits per heavy atom. The van der Waals surface area contributed by atoms with Crippen molar-refractivity contribution in [2.75, 3.05) is 7.11 Å². The van der Waals surface area contributed by atoms with Gasteiger partial charge in [0.15, 0.2) is 0 Å². The lowest BCUT2D eigenvalue weighted by molar-refractivity contribution is 0.411. The van der Waals surface area contributed by atoms with Gasteiger partial charge in [-0.25, -0.2) is 4.68 Å². The molecule has 0 amide bonds. The standard InChI is InChI=1S/C12H13BrN2O/c1-8-4-5-11(16-3)9(2)12(8)15-7-10(13)6-14-15/h4-7H,1-3H3. The average Bonchev–Trinajstić information content (AvgIpc) is 2.65.